The number of rotatable bonds is 7. The summed E-state index contributed by atoms with van der Waals surface area (Å²) in [6.45, 7) is 5.22. The Hall–Kier alpha value is -2.70. The third kappa shape index (κ3) is 4.43. The Bertz CT molecular complexity index is 676. The van der Waals surface area contributed by atoms with Crippen molar-refractivity contribution in [2.45, 2.75) is 39.2 Å². The van der Waals surface area contributed by atoms with Crippen LogP contribution in [0, 0.1) is 0 Å². The van der Waals surface area contributed by atoms with Gasteiger partial charge in [-0.1, -0.05) is 19.1 Å². The van der Waals surface area contributed by atoms with Crippen LogP contribution in [0.25, 0.3) is 0 Å². The van der Waals surface area contributed by atoms with Gasteiger partial charge in [-0.25, -0.2) is 0 Å². The van der Waals surface area contributed by atoms with Crippen LogP contribution in [0.15, 0.2) is 24.3 Å². The van der Waals surface area contributed by atoms with E-state index < -0.39 is 17.8 Å². The average molecular weight is 346 g/mol. The molecular weight excluding hydrogens is 324 g/mol. The minimum absolute atomic E-state index is 0.0761. The van der Waals surface area contributed by atoms with Gasteiger partial charge >= 0.3 is 5.97 Å². The first-order valence-electron chi connectivity index (χ1n) is 8.17. The zero-order chi connectivity index (χ0) is 18.6. The van der Waals surface area contributed by atoms with Gasteiger partial charge in [0.15, 0.2) is 6.61 Å². The van der Waals surface area contributed by atoms with E-state index in [1.807, 2.05) is 20.8 Å². The van der Waals surface area contributed by atoms with Gasteiger partial charge in [0.05, 0.1) is 17.5 Å². The molecule has 0 saturated heterocycles. The van der Waals surface area contributed by atoms with E-state index in [1.54, 1.807) is 24.3 Å². The average Bonchev–Trinajstić information content (AvgIpc) is 2.82. The number of carbonyl (C=O) groups excluding carboxylic acids is 4. The van der Waals surface area contributed by atoms with Crippen LogP contribution in [0.1, 0.15) is 54.3 Å². The molecule has 1 aliphatic rings. The molecule has 0 radical (unpaired) electrons. The zero-order valence-corrected chi connectivity index (χ0v) is 14.6. The van der Waals surface area contributed by atoms with Gasteiger partial charge < -0.3 is 10.1 Å². The summed E-state index contributed by atoms with van der Waals surface area (Å²) in [5.41, 5.74) is 0.299. The molecular formula is C18H22N2O5. The number of esters is 1. The lowest BCUT2D eigenvalue weighted by Gasteiger charge is -2.24. The maximum atomic E-state index is 12.2. The lowest BCUT2D eigenvalue weighted by atomic mass is 10.0. The summed E-state index contributed by atoms with van der Waals surface area (Å²) in [4.78, 5) is 48.9. The van der Waals surface area contributed by atoms with E-state index in [4.69, 9.17) is 4.74 Å². The van der Waals surface area contributed by atoms with E-state index in [0.717, 1.165) is 11.3 Å². The maximum absolute atomic E-state index is 12.2. The smallest absolute Gasteiger partial charge is 0.308 e. The fourth-order valence-electron chi connectivity index (χ4n) is 2.37. The van der Waals surface area contributed by atoms with Gasteiger partial charge in [-0.2, -0.15) is 0 Å². The van der Waals surface area contributed by atoms with Crippen LogP contribution in [0.5, 0.6) is 0 Å². The molecule has 1 aromatic carbocycles. The molecule has 0 bridgehead atoms. The van der Waals surface area contributed by atoms with Gasteiger partial charge in [-0.15, -0.1) is 0 Å². The summed E-state index contributed by atoms with van der Waals surface area (Å²) in [6.07, 6.45) is 0.586. The predicted octanol–water partition coefficient (Wildman–Crippen LogP) is 1.52. The molecule has 1 aliphatic heterocycles. The molecule has 7 heteroatoms. The van der Waals surface area contributed by atoms with E-state index in [1.165, 1.54) is 0 Å². The molecule has 2 rings (SSSR count). The van der Waals surface area contributed by atoms with Gasteiger partial charge in [0.2, 0.25) is 0 Å². The summed E-state index contributed by atoms with van der Waals surface area (Å²) >= 11 is 0. The van der Waals surface area contributed by atoms with Crippen molar-refractivity contribution in [1.82, 2.24) is 10.2 Å². The largest absolute Gasteiger partial charge is 0.456 e. The Morgan fingerprint density at radius 3 is 2.20 bits per heavy atom. The standard InChI is InChI=1S/C18H22N2O5/c1-4-18(2,3)19-14(21)11-25-15(22)9-10-20-16(23)12-7-5-6-8-13(12)17(20)24/h5-8H,4,9-11H2,1-3H3,(H,19,21). The summed E-state index contributed by atoms with van der Waals surface area (Å²) in [7, 11) is 0. The minimum atomic E-state index is -0.638. The maximum Gasteiger partial charge on any atom is 0.308 e. The van der Waals surface area contributed by atoms with Crippen LogP contribution < -0.4 is 5.32 Å². The highest BCUT2D eigenvalue weighted by atomic mass is 16.5. The first-order valence-corrected chi connectivity index (χ1v) is 8.17. The fourth-order valence-corrected chi connectivity index (χ4v) is 2.37. The first-order chi connectivity index (χ1) is 11.7. The minimum Gasteiger partial charge on any atom is -0.456 e. The van der Waals surface area contributed by atoms with Gasteiger partial charge in [0.1, 0.15) is 0 Å². The Morgan fingerprint density at radius 1 is 1.12 bits per heavy atom. The summed E-state index contributed by atoms with van der Waals surface area (Å²) in [5.74, 6) is -1.87. The summed E-state index contributed by atoms with van der Waals surface area (Å²) < 4.78 is 4.90. The van der Waals surface area contributed by atoms with Crippen molar-refractivity contribution in [2.75, 3.05) is 13.2 Å². The molecule has 134 valence electrons. The topological polar surface area (TPSA) is 92.8 Å². The molecule has 0 aromatic heterocycles. The van der Waals surface area contributed by atoms with Gasteiger partial charge in [-0.3, -0.25) is 24.1 Å². The number of nitrogens with zero attached hydrogens (tertiary/aromatic N) is 1. The van der Waals surface area contributed by atoms with Crippen LogP contribution >= 0.6 is 0 Å². The third-order valence-corrected chi connectivity index (χ3v) is 4.14. The number of benzene rings is 1. The molecule has 0 spiro atoms. The number of amides is 3. The second kappa shape index (κ2) is 7.46. The molecule has 1 heterocycles. The van der Waals surface area contributed by atoms with E-state index in [2.05, 4.69) is 5.32 Å². The number of hydrogen-bond donors (Lipinski definition) is 1. The molecule has 0 aliphatic carbocycles. The van der Waals surface area contributed by atoms with E-state index >= 15 is 0 Å². The SMILES string of the molecule is CCC(C)(C)NC(=O)COC(=O)CCN1C(=O)c2ccccc2C1=O. The second-order valence-corrected chi connectivity index (χ2v) is 6.50. The quantitative estimate of drug-likeness (QED) is 0.597. The fraction of sp³-hybridized carbons (Fsp3) is 0.444. The molecule has 3 amide bonds. The van der Waals surface area contributed by atoms with Crippen LogP contribution in [-0.4, -0.2) is 47.3 Å². The van der Waals surface area contributed by atoms with Crippen molar-refractivity contribution in [3.05, 3.63) is 35.4 Å². The lowest BCUT2D eigenvalue weighted by Crippen LogP contribution is -2.44. The van der Waals surface area contributed by atoms with Crippen molar-refractivity contribution in [3.63, 3.8) is 0 Å². The number of nitrogens with one attached hydrogen (secondary N) is 1. The lowest BCUT2D eigenvalue weighted by molar-refractivity contribution is -0.149. The molecule has 0 unspecified atom stereocenters. The van der Waals surface area contributed by atoms with Crippen molar-refractivity contribution in [3.8, 4) is 0 Å². The van der Waals surface area contributed by atoms with Crippen molar-refractivity contribution < 1.29 is 23.9 Å². The molecule has 25 heavy (non-hydrogen) atoms. The predicted molar refractivity (Wildman–Crippen MR) is 89.9 cm³/mol. The number of imide groups is 1. The number of hydrogen-bond acceptors (Lipinski definition) is 5. The first kappa shape index (κ1) is 18.6. The zero-order valence-electron chi connectivity index (χ0n) is 14.6. The van der Waals surface area contributed by atoms with Crippen LogP contribution in [-0.2, 0) is 14.3 Å². The Kier molecular flexibility index (Phi) is 5.56. The molecule has 0 fully saturated rings. The Balaban J connectivity index is 1.81. The van der Waals surface area contributed by atoms with Gasteiger partial charge in [0.25, 0.3) is 17.7 Å². The van der Waals surface area contributed by atoms with Crippen LogP contribution in [0.2, 0.25) is 0 Å². The third-order valence-electron chi connectivity index (χ3n) is 4.14. The van der Waals surface area contributed by atoms with E-state index in [0.29, 0.717) is 11.1 Å². The molecule has 7 nitrogen and oxygen atoms in total. The summed E-state index contributed by atoms with van der Waals surface area (Å²) in [5, 5.41) is 2.75. The second-order valence-electron chi connectivity index (χ2n) is 6.50. The van der Waals surface area contributed by atoms with Crippen LogP contribution in [0.4, 0.5) is 0 Å². The highest BCUT2D eigenvalue weighted by Gasteiger charge is 2.35. The molecule has 0 saturated carbocycles. The molecule has 1 aromatic rings. The Labute approximate surface area is 146 Å². The Morgan fingerprint density at radius 2 is 1.68 bits per heavy atom. The highest BCUT2D eigenvalue weighted by Crippen LogP contribution is 2.22. The monoisotopic (exact) mass is 346 g/mol. The van der Waals surface area contributed by atoms with E-state index in [9.17, 15) is 19.2 Å². The van der Waals surface area contributed by atoms with Crippen LogP contribution in [0.3, 0.4) is 0 Å². The molecule has 0 atom stereocenters. The normalized spacial score (nSPS) is 13.6. The number of carbonyl (C=O) groups is 4. The van der Waals surface area contributed by atoms with Crippen molar-refractivity contribution >= 4 is 23.7 Å². The van der Waals surface area contributed by atoms with Gasteiger partial charge in [-0.05, 0) is 32.4 Å². The van der Waals surface area contributed by atoms with Crippen molar-refractivity contribution in [1.29, 1.82) is 0 Å². The number of ether oxygens (including phenoxy) is 1. The summed E-state index contributed by atoms with van der Waals surface area (Å²) in [6, 6.07) is 6.51. The van der Waals surface area contributed by atoms with Crippen molar-refractivity contribution in [2.24, 2.45) is 0 Å². The van der Waals surface area contributed by atoms with E-state index in [-0.39, 0.29) is 31.0 Å². The van der Waals surface area contributed by atoms with Gasteiger partial charge in [0, 0.05) is 12.1 Å². The number of fused-ring (bicyclic) bond motifs is 1. The highest BCUT2D eigenvalue weighted by molar-refractivity contribution is 6.21. The molecule has 1 N–H and O–H groups in total.